The Hall–Kier alpha value is -2.96. The average Bonchev–Trinajstić information content (AvgIpc) is 2.46. The average molecular weight is 287 g/mol. The summed E-state index contributed by atoms with van der Waals surface area (Å²) in [4.78, 5) is 40.2. The maximum Gasteiger partial charge on any atom is 0.322 e. The monoisotopic (exact) mass is 287 g/mol. The van der Waals surface area contributed by atoms with E-state index in [-0.39, 0.29) is 5.69 Å². The van der Waals surface area contributed by atoms with E-state index in [2.05, 4.69) is 15.3 Å². The van der Waals surface area contributed by atoms with E-state index in [1.54, 1.807) is 0 Å². The number of amides is 1. The van der Waals surface area contributed by atoms with Crippen LogP contribution in [-0.2, 0) is 4.79 Å². The molecule has 3 N–H and O–H groups in total. The van der Waals surface area contributed by atoms with Crippen LogP contribution in [0.15, 0.2) is 35.3 Å². The van der Waals surface area contributed by atoms with Crippen LogP contribution in [0, 0.1) is 6.92 Å². The highest BCUT2D eigenvalue weighted by atomic mass is 16.4. The van der Waals surface area contributed by atoms with E-state index in [0.717, 1.165) is 11.1 Å². The summed E-state index contributed by atoms with van der Waals surface area (Å²) in [5.74, 6) is -2.03. The summed E-state index contributed by atoms with van der Waals surface area (Å²) >= 11 is 0. The van der Waals surface area contributed by atoms with Crippen molar-refractivity contribution in [1.29, 1.82) is 0 Å². The van der Waals surface area contributed by atoms with E-state index < -0.39 is 24.0 Å². The second-order valence-electron chi connectivity index (χ2n) is 4.41. The Morgan fingerprint density at radius 1 is 1.29 bits per heavy atom. The van der Waals surface area contributed by atoms with Gasteiger partial charge in [-0.15, -0.1) is 0 Å². The van der Waals surface area contributed by atoms with Gasteiger partial charge in [-0.3, -0.25) is 14.4 Å². The summed E-state index contributed by atoms with van der Waals surface area (Å²) in [6.45, 7) is 1.36. The van der Waals surface area contributed by atoms with E-state index in [1.807, 2.05) is 31.2 Å². The van der Waals surface area contributed by atoms with Gasteiger partial charge in [0.05, 0.1) is 5.69 Å². The molecule has 1 aromatic carbocycles. The lowest BCUT2D eigenvalue weighted by Gasteiger charge is -2.04. The van der Waals surface area contributed by atoms with Crippen LogP contribution in [0.3, 0.4) is 0 Å². The number of aliphatic carboxylic acids is 1. The summed E-state index contributed by atoms with van der Waals surface area (Å²) in [5, 5.41) is 10.6. The minimum Gasteiger partial charge on any atom is -0.480 e. The molecule has 0 spiro atoms. The topological polar surface area (TPSA) is 112 Å². The maximum absolute atomic E-state index is 11.8. The molecule has 2 aromatic rings. The highest BCUT2D eigenvalue weighted by Gasteiger charge is 2.14. The number of carboxylic acids is 1. The van der Waals surface area contributed by atoms with Crippen molar-refractivity contribution in [3.05, 3.63) is 52.1 Å². The Morgan fingerprint density at radius 2 is 1.95 bits per heavy atom. The molecule has 0 saturated heterocycles. The molecule has 0 atom stereocenters. The van der Waals surface area contributed by atoms with Crippen LogP contribution in [0.25, 0.3) is 11.3 Å². The minimum atomic E-state index is -1.20. The number of aromatic amines is 1. The number of hydrogen-bond acceptors (Lipinski definition) is 4. The van der Waals surface area contributed by atoms with Crippen molar-refractivity contribution in [2.45, 2.75) is 6.92 Å². The standard InChI is InChI=1S/C14H13N3O4/c1-8-2-4-9(5-3-8)10-6-15-13(20)12(17-10)14(21)16-7-11(18)19/h2-6H,7H2,1H3,(H,15,20)(H,16,21)(H,18,19). The first-order valence-electron chi connectivity index (χ1n) is 6.14. The Morgan fingerprint density at radius 3 is 2.57 bits per heavy atom. The van der Waals surface area contributed by atoms with E-state index in [0.29, 0.717) is 5.69 Å². The van der Waals surface area contributed by atoms with Crippen LogP contribution >= 0.6 is 0 Å². The normalized spacial score (nSPS) is 10.1. The van der Waals surface area contributed by atoms with E-state index in [9.17, 15) is 14.4 Å². The van der Waals surface area contributed by atoms with Gasteiger partial charge in [0, 0.05) is 11.8 Å². The van der Waals surface area contributed by atoms with Crippen molar-refractivity contribution in [2.75, 3.05) is 6.54 Å². The number of nitrogens with zero attached hydrogens (tertiary/aromatic N) is 1. The molecule has 0 aliphatic rings. The summed E-state index contributed by atoms with van der Waals surface area (Å²) in [6.07, 6.45) is 1.40. The number of benzene rings is 1. The second kappa shape index (κ2) is 6.00. The lowest BCUT2D eigenvalue weighted by atomic mass is 10.1. The molecule has 0 fully saturated rings. The van der Waals surface area contributed by atoms with Crippen molar-refractivity contribution < 1.29 is 14.7 Å². The van der Waals surface area contributed by atoms with Gasteiger partial charge in [-0.25, -0.2) is 4.98 Å². The first-order chi connectivity index (χ1) is 9.97. The molecule has 0 unspecified atom stereocenters. The molecule has 0 radical (unpaired) electrons. The van der Waals surface area contributed by atoms with Gasteiger partial charge in [-0.2, -0.15) is 0 Å². The third-order valence-corrected chi connectivity index (χ3v) is 2.75. The number of aryl methyl sites for hydroxylation is 1. The van der Waals surface area contributed by atoms with Gasteiger partial charge >= 0.3 is 5.97 Å². The quantitative estimate of drug-likeness (QED) is 0.760. The van der Waals surface area contributed by atoms with Gasteiger partial charge < -0.3 is 15.4 Å². The zero-order valence-electron chi connectivity index (χ0n) is 11.2. The smallest absolute Gasteiger partial charge is 0.322 e. The van der Waals surface area contributed by atoms with Crippen LogP contribution in [0.4, 0.5) is 0 Å². The summed E-state index contributed by atoms with van der Waals surface area (Å²) in [5.41, 5.74) is 1.20. The predicted octanol–water partition coefficient (Wildman–Crippen LogP) is 0.560. The molecule has 1 heterocycles. The van der Waals surface area contributed by atoms with Gasteiger partial charge in [-0.05, 0) is 6.92 Å². The molecule has 108 valence electrons. The van der Waals surface area contributed by atoms with E-state index in [4.69, 9.17) is 5.11 Å². The summed E-state index contributed by atoms with van der Waals surface area (Å²) in [7, 11) is 0. The molecular weight excluding hydrogens is 274 g/mol. The molecule has 7 heteroatoms. The third-order valence-electron chi connectivity index (χ3n) is 2.75. The number of carbonyl (C=O) groups is 2. The van der Waals surface area contributed by atoms with Crippen LogP contribution in [-0.4, -0.2) is 33.5 Å². The van der Waals surface area contributed by atoms with Crippen molar-refractivity contribution in [3.63, 3.8) is 0 Å². The molecule has 0 aliphatic heterocycles. The Labute approximate surface area is 119 Å². The van der Waals surface area contributed by atoms with Crippen LogP contribution in [0.5, 0.6) is 0 Å². The van der Waals surface area contributed by atoms with Crippen LogP contribution in [0.1, 0.15) is 16.1 Å². The number of hydrogen-bond donors (Lipinski definition) is 3. The van der Waals surface area contributed by atoms with Gasteiger partial charge in [0.25, 0.3) is 11.5 Å². The predicted molar refractivity (Wildman–Crippen MR) is 75.0 cm³/mol. The molecule has 0 bridgehead atoms. The number of aromatic nitrogens is 2. The van der Waals surface area contributed by atoms with Gasteiger partial charge in [-0.1, -0.05) is 29.8 Å². The first-order valence-corrected chi connectivity index (χ1v) is 6.14. The fourth-order valence-corrected chi connectivity index (χ4v) is 1.67. The van der Waals surface area contributed by atoms with Crippen molar-refractivity contribution >= 4 is 11.9 Å². The number of rotatable bonds is 4. The molecular formula is C14H13N3O4. The lowest BCUT2D eigenvalue weighted by molar-refractivity contribution is -0.135. The molecule has 0 saturated carbocycles. The van der Waals surface area contributed by atoms with Crippen molar-refractivity contribution in [2.24, 2.45) is 0 Å². The summed E-state index contributed by atoms with van der Waals surface area (Å²) in [6, 6.07) is 7.39. The van der Waals surface area contributed by atoms with Gasteiger partial charge in [0.1, 0.15) is 6.54 Å². The Bertz CT molecular complexity index is 735. The zero-order chi connectivity index (χ0) is 15.4. The molecule has 1 amide bonds. The number of carboxylic acid groups (broad SMARTS) is 1. The lowest BCUT2D eigenvalue weighted by Crippen LogP contribution is -2.34. The third kappa shape index (κ3) is 3.53. The van der Waals surface area contributed by atoms with Crippen molar-refractivity contribution in [1.82, 2.24) is 15.3 Å². The Balaban J connectivity index is 2.33. The number of carbonyl (C=O) groups excluding carboxylic acids is 1. The second-order valence-corrected chi connectivity index (χ2v) is 4.41. The maximum atomic E-state index is 11.8. The fraction of sp³-hybridized carbons (Fsp3) is 0.143. The van der Waals surface area contributed by atoms with E-state index in [1.165, 1.54) is 6.20 Å². The van der Waals surface area contributed by atoms with E-state index >= 15 is 0 Å². The van der Waals surface area contributed by atoms with Crippen LogP contribution < -0.4 is 10.9 Å². The molecule has 7 nitrogen and oxygen atoms in total. The highest BCUT2D eigenvalue weighted by Crippen LogP contribution is 2.15. The molecule has 21 heavy (non-hydrogen) atoms. The van der Waals surface area contributed by atoms with Gasteiger partial charge in [0.15, 0.2) is 5.69 Å². The Kier molecular flexibility index (Phi) is 4.13. The fourth-order valence-electron chi connectivity index (χ4n) is 1.67. The minimum absolute atomic E-state index is 0.366. The summed E-state index contributed by atoms with van der Waals surface area (Å²) < 4.78 is 0. The van der Waals surface area contributed by atoms with Gasteiger partial charge in [0.2, 0.25) is 0 Å². The number of H-pyrrole nitrogens is 1. The molecule has 1 aromatic heterocycles. The molecule has 0 aliphatic carbocycles. The highest BCUT2D eigenvalue weighted by molar-refractivity contribution is 5.94. The first kappa shape index (κ1) is 14.4. The zero-order valence-corrected chi connectivity index (χ0v) is 11.2. The van der Waals surface area contributed by atoms with Crippen molar-refractivity contribution in [3.8, 4) is 11.3 Å². The largest absolute Gasteiger partial charge is 0.480 e. The molecule has 2 rings (SSSR count). The van der Waals surface area contributed by atoms with Crippen LogP contribution in [0.2, 0.25) is 0 Å². The SMILES string of the molecule is Cc1ccc(-c2c[nH]c(=O)c(C(=O)NCC(=O)O)n2)cc1. The number of nitrogens with one attached hydrogen (secondary N) is 2.